The van der Waals surface area contributed by atoms with Crippen molar-refractivity contribution in [2.75, 3.05) is 7.11 Å². The Balaban J connectivity index is 2.16. The molecule has 22 heavy (non-hydrogen) atoms. The number of benzene rings is 2. The van der Waals surface area contributed by atoms with Crippen LogP contribution >= 0.6 is 11.6 Å². The van der Waals surface area contributed by atoms with Crippen molar-refractivity contribution in [1.82, 2.24) is 0 Å². The zero-order valence-corrected chi connectivity index (χ0v) is 12.8. The Hall–Kier alpha value is -2.46. The third kappa shape index (κ3) is 4.53. The average molecular weight is 318 g/mol. The van der Waals surface area contributed by atoms with Gasteiger partial charge in [0.2, 0.25) is 0 Å². The minimum atomic E-state index is 0.429. The van der Waals surface area contributed by atoms with Gasteiger partial charge in [0, 0.05) is 10.6 Å². The van der Waals surface area contributed by atoms with Crippen molar-refractivity contribution in [1.29, 1.82) is 0 Å². The maximum atomic E-state index is 8.44. The molecule has 0 saturated carbocycles. The summed E-state index contributed by atoms with van der Waals surface area (Å²) in [5.41, 5.74) is 1.85. The van der Waals surface area contributed by atoms with Gasteiger partial charge in [0.25, 0.3) is 0 Å². The van der Waals surface area contributed by atoms with E-state index in [2.05, 4.69) is 5.16 Å². The number of ether oxygens (including phenoxy) is 2. The van der Waals surface area contributed by atoms with Gasteiger partial charge >= 0.3 is 0 Å². The first-order valence-corrected chi connectivity index (χ1v) is 7.00. The van der Waals surface area contributed by atoms with E-state index in [1.807, 2.05) is 42.5 Å². The van der Waals surface area contributed by atoms with Crippen molar-refractivity contribution in [3.8, 4) is 11.5 Å². The predicted molar refractivity (Wildman–Crippen MR) is 88.1 cm³/mol. The average Bonchev–Trinajstić information content (AvgIpc) is 2.55. The molecule has 2 rings (SSSR count). The monoisotopic (exact) mass is 317 g/mol. The van der Waals surface area contributed by atoms with Gasteiger partial charge in [-0.15, -0.1) is 0 Å². The number of rotatable bonds is 6. The Morgan fingerprint density at radius 2 is 1.95 bits per heavy atom. The molecule has 0 aromatic heterocycles. The Bertz CT molecular complexity index is 666. The third-order valence-corrected chi connectivity index (χ3v) is 3.21. The normalized spacial score (nSPS) is 11.2. The first-order chi connectivity index (χ1) is 10.7. The molecule has 1 N–H and O–H groups in total. The summed E-state index contributed by atoms with van der Waals surface area (Å²) in [6, 6.07) is 13.0. The highest BCUT2D eigenvalue weighted by Gasteiger charge is 2.04. The van der Waals surface area contributed by atoms with Crippen LogP contribution in [0.2, 0.25) is 5.02 Å². The van der Waals surface area contributed by atoms with E-state index in [-0.39, 0.29) is 0 Å². The SMILES string of the molecule is COc1ccc(OCc2ccc(Cl)cc2)c(/C=C/C=N/O)c1. The second-order valence-corrected chi connectivity index (χ2v) is 4.88. The van der Waals surface area contributed by atoms with Crippen LogP contribution in [0.4, 0.5) is 0 Å². The molecule has 0 heterocycles. The maximum absolute atomic E-state index is 8.44. The van der Waals surface area contributed by atoms with E-state index in [1.54, 1.807) is 19.3 Å². The summed E-state index contributed by atoms with van der Waals surface area (Å²) in [6.07, 6.45) is 4.67. The zero-order chi connectivity index (χ0) is 15.8. The quantitative estimate of drug-likeness (QED) is 0.488. The Labute approximate surface area is 134 Å². The van der Waals surface area contributed by atoms with Crippen LogP contribution in [0.1, 0.15) is 11.1 Å². The highest BCUT2D eigenvalue weighted by atomic mass is 35.5. The van der Waals surface area contributed by atoms with Crippen molar-refractivity contribution in [3.63, 3.8) is 0 Å². The van der Waals surface area contributed by atoms with Crippen molar-refractivity contribution >= 4 is 23.9 Å². The van der Waals surface area contributed by atoms with Crippen LogP contribution in [0, 0.1) is 0 Å². The molecule has 0 spiro atoms. The van der Waals surface area contributed by atoms with Gasteiger partial charge in [0.15, 0.2) is 0 Å². The van der Waals surface area contributed by atoms with Gasteiger partial charge < -0.3 is 14.7 Å². The Morgan fingerprint density at radius 3 is 2.64 bits per heavy atom. The van der Waals surface area contributed by atoms with Crippen LogP contribution < -0.4 is 9.47 Å². The molecule has 114 valence electrons. The zero-order valence-electron chi connectivity index (χ0n) is 12.1. The van der Waals surface area contributed by atoms with Crippen LogP contribution in [0.25, 0.3) is 6.08 Å². The van der Waals surface area contributed by atoms with Gasteiger partial charge in [0.05, 0.1) is 13.3 Å². The minimum Gasteiger partial charge on any atom is -0.497 e. The standard InChI is InChI=1S/C17H16ClNO3/c1-21-16-8-9-17(14(11-16)3-2-10-19-20)22-12-13-4-6-15(18)7-5-13/h2-11,20H,12H2,1H3/b3-2+,19-10+. The number of nitrogens with zero attached hydrogens (tertiary/aromatic N) is 1. The van der Waals surface area contributed by atoms with E-state index < -0.39 is 0 Å². The molecule has 0 aliphatic carbocycles. The number of oxime groups is 1. The van der Waals surface area contributed by atoms with Crippen LogP contribution in [-0.2, 0) is 6.61 Å². The van der Waals surface area contributed by atoms with Gasteiger partial charge in [-0.3, -0.25) is 0 Å². The fourth-order valence-corrected chi connectivity index (χ4v) is 1.97. The lowest BCUT2D eigenvalue weighted by Gasteiger charge is -2.11. The molecule has 0 aliphatic heterocycles. The number of halogens is 1. The number of hydrogen-bond acceptors (Lipinski definition) is 4. The summed E-state index contributed by atoms with van der Waals surface area (Å²) in [6.45, 7) is 0.429. The fourth-order valence-electron chi connectivity index (χ4n) is 1.84. The van der Waals surface area contributed by atoms with Crippen LogP contribution in [-0.4, -0.2) is 18.5 Å². The molecule has 2 aromatic carbocycles. The number of allylic oxidation sites excluding steroid dienone is 1. The lowest BCUT2D eigenvalue weighted by Crippen LogP contribution is -1.97. The van der Waals surface area contributed by atoms with Crippen LogP contribution in [0.3, 0.4) is 0 Å². The van der Waals surface area contributed by atoms with E-state index in [0.717, 1.165) is 16.9 Å². The van der Waals surface area contributed by atoms with Gasteiger partial charge in [0.1, 0.15) is 18.1 Å². The lowest BCUT2D eigenvalue weighted by molar-refractivity contribution is 0.305. The summed E-state index contributed by atoms with van der Waals surface area (Å²) in [7, 11) is 1.60. The van der Waals surface area contributed by atoms with E-state index in [9.17, 15) is 0 Å². The molecule has 5 heteroatoms. The lowest BCUT2D eigenvalue weighted by atomic mass is 10.1. The molecule has 4 nitrogen and oxygen atoms in total. The van der Waals surface area contributed by atoms with Gasteiger partial charge in [-0.25, -0.2) is 0 Å². The molecule has 0 atom stereocenters. The molecule has 0 radical (unpaired) electrons. The molecule has 2 aromatic rings. The van der Waals surface area contributed by atoms with Crippen molar-refractivity contribution in [2.45, 2.75) is 6.61 Å². The highest BCUT2D eigenvalue weighted by molar-refractivity contribution is 6.30. The summed E-state index contributed by atoms with van der Waals surface area (Å²) < 4.78 is 11.0. The summed E-state index contributed by atoms with van der Waals surface area (Å²) in [5.74, 6) is 1.43. The minimum absolute atomic E-state index is 0.429. The third-order valence-electron chi connectivity index (χ3n) is 2.95. The van der Waals surface area contributed by atoms with Crippen molar-refractivity contribution in [3.05, 3.63) is 64.7 Å². The number of hydrogen-bond donors (Lipinski definition) is 1. The molecule has 0 unspecified atom stereocenters. The van der Waals surface area contributed by atoms with Crippen molar-refractivity contribution < 1.29 is 14.7 Å². The molecule has 0 bridgehead atoms. The Morgan fingerprint density at radius 1 is 1.18 bits per heavy atom. The second kappa shape index (κ2) is 8.10. The van der Waals surface area contributed by atoms with Crippen molar-refractivity contribution in [2.24, 2.45) is 5.16 Å². The first kappa shape index (κ1) is 15.9. The first-order valence-electron chi connectivity index (χ1n) is 6.62. The van der Waals surface area contributed by atoms with Gasteiger partial charge in [-0.1, -0.05) is 28.9 Å². The van der Waals surface area contributed by atoms with E-state index >= 15 is 0 Å². The van der Waals surface area contributed by atoms with Crippen LogP contribution in [0.5, 0.6) is 11.5 Å². The number of methoxy groups -OCH3 is 1. The second-order valence-electron chi connectivity index (χ2n) is 4.44. The molecule has 0 aliphatic rings. The molecular formula is C17H16ClNO3. The summed E-state index contributed by atoms with van der Waals surface area (Å²) in [4.78, 5) is 0. The van der Waals surface area contributed by atoms with Gasteiger partial charge in [-0.2, -0.15) is 0 Å². The largest absolute Gasteiger partial charge is 0.497 e. The molecule has 0 saturated heterocycles. The molecule has 0 amide bonds. The van der Waals surface area contributed by atoms with Crippen LogP contribution in [0.15, 0.2) is 53.7 Å². The van der Waals surface area contributed by atoms with E-state index in [4.69, 9.17) is 26.3 Å². The topological polar surface area (TPSA) is 51.0 Å². The maximum Gasteiger partial charge on any atom is 0.127 e. The van der Waals surface area contributed by atoms with Gasteiger partial charge in [-0.05, 0) is 48.0 Å². The predicted octanol–water partition coefficient (Wildman–Crippen LogP) is 4.40. The summed E-state index contributed by atoms with van der Waals surface area (Å²) in [5, 5.41) is 12.1. The molecule has 0 fully saturated rings. The summed E-state index contributed by atoms with van der Waals surface area (Å²) >= 11 is 5.86. The fraction of sp³-hybridized carbons (Fsp3) is 0.118. The Kier molecular flexibility index (Phi) is 5.86. The van der Waals surface area contributed by atoms with E-state index in [0.29, 0.717) is 17.4 Å². The smallest absolute Gasteiger partial charge is 0.127 e. The van der Waals surface area contributed by atoms with E-state index in [1.165, 1.54) is 6.21 Å². The highest BCUT2D eigenvalue weighted by Crippen LogP contribution is 2.26. The molecular weight excluding hydrogens is 302 g/mol.